The summed E-state index contributed by atoms with van der Waals surface area (Å²) in [6.07, 6.45) is 4.33. The molecule has 0 aliphatic heterocycles. The van der Waals surface area contributed by atoms with Gasteiger partial charge in [-0.1, -0.05) is 23.2 Å². The lowest BCUT2D eigenvalue weighted by Gasteiger charge is -2.27. The van der Waals surface area contributed by atoms with Crippen LogP contribution in [0.2, 0.25) is 10.2 Å². The maximum absolute atomic E-state index is 12.1. The number of carbonyl (C=O) groups excluding carboxylic acids is 2. The van der Waals surface area contributed by atoms with Crippen LogP contribution in [0.15, 0.2) is 12.3 Å². The molecule has 1 aromatic rings. The maximum Gasteiger partial charge on any atom is 0.308 e. The number of amides is 1. The van der Waals surface area contributed by atoms with Gasteiger partial charge in [-0.2, -0.15) is 0 Å². The lowest BCUT2D eigenvalue weighted by atomic mass is 9.86. The fraction of sp³-hybridized carbons (Fsp3) is 0.500. The van der Waals surface area contributed by atoms with Gasteiger partial charge in [0.05, 0.1) is 23.6 Å². The summed E-state index contributed by atoms with van der Waals surface area (Å²) in [5.41, 5.74) is 0.375. The number of carbonyl (C=O) groups is 2. The highest BCUT2D eigenvalue weighted by Gasteiger charge is 2.27. The van der Waals surface area contributed by atoms with E-state index in [1.165, 1.54) is 19.4 Å². The molecule has 1 aliphatic rings. The smallest absolute Gasteiger partial charge is 0.308 e. The molecule has 2 rings (SSSR count). The highest BCUT2D eigenvalue weighted by molar-refractivity contribution is 6.41. The van der Waals surface area contributed by atoms with E-state index in [1.54, 1.807) is 0 Å². The van der Waals surface area contributed by atoms with Gasteiger partial charge in [0.2, 0.25) is 0 Å². The van der Waals surface area contributed by atoms with Crippen molar-refractivity contribution >= 4 is 35.1 Å². The number of aromatic nitrogens is 1. The van der Waals surface area contributed by atoms with Gasteiger partial charge >= 0.3 is 5.97 Å². The van der Waals surface area contributed by atoms with E-state index in [0.29, 0.717) is 5.56 Å². The van der Waals surface area contributed by atoms with E-state index >= 15 is 0 Å². The first-order valence-electron chi connectivity index (χ1n) is 6.71. The van der Waals surface area contributed by atoms with Gasteiger partial charge in [0.25, 0.3) is 5.91 Å². The van der Waals surface area contributed by atoms with Gasteiger partial charge in [0, 0.05) is 12.2 Å². The molecule has 114 valence electrons. The summed E-state index contributed by atoms with van der Waals surface area (Å²) in [6, 6.07) is 1.54. The first kappa shape index (κ1) is 16.0. The van der Waals surface area contributed by atoms with Crippen LogP contribution in [-0.4, -0.2) is 30.0 Å². The second-order valence-electron chi connectivity index (χ2n) is 5.04. The molecule has 0 bridgehead atoms. The maximum atomic E-state index is 12.1. The van der Waals surface area contributed by atoms with Crippen molar-refractivity contribution in [3.63, 3.8) is 0 Å². The predicted octanol–water partition coefficient (Wildman–Crippen LogP) is 2.85. The number of nitrogens with zero attached hydrogens (tertiary/aromatic N) is 1. The number of hydrogen-bond donors (Lipinski definition) is 1. The first-order chi connectivity index (χ1) is 10.0. The Bertz CT molecular complexity index is 543. The van der Waals surface area contributed by atoms with Crippen molar-refractivity contribution in [2.75, 3.05) is 7.11 Å². The molecule has 1 saturated carbocycles. The summed E-state index contributed by atoms with van der Waals surface area (Å²) in [5, 5.41) is 3.35. The first-order valence-corrected chi connectivity index (χ1v) is 7.46. The van der Waals surface area contributed by atoms with Gasteiger partial charge in [-0.25, -0.2) is 4.98 Å². The Morgan fingerprint density at radius 2 is 1.95 bits per heavy atom. The molecule has 1 heterocycles. The number of esters is 1. The van der Waals surface area contributed by atoms with Crippen molar-refractivity contribution in [1.29, 1.82) is 0 Å². The van der Waals surface area contributed by atoms with Crippen LogP contribution >= 0.6 is 23.2 Å². The molecule has 7 heteroatoms. The fourth-order valence-corrected chi connectivity index (χ4v) is 2.72. The molecule has 0 spiro atoms. The second-order valence-corrected chi connectivity index (χ2v) is 5.81. The van der Waals surface area contributed by atoms with Crippen LogP contribution in [0, 0.1) is 5.92 Å². The molecule has 0 radical (unpaired) electrons. The zero-order chi connectivity index (χ0) is 15.4. The van der Waals surface area contributed by atoms with Crippen LogP contribution in [0.1, 0.15) is 36.0 Å². The molecule has 0 unspecified atom stereocenters. The molecule has 1 amide bonds. The number of nitrogens with one attached hydrogen (secondary N) is 1. The number of ether oxygens (including phenoxy) is 1. The van der Waals surface area contributed by atoms with E-state index in [2.05, 4.69) is 10.3 Å². The number of pyridine rings is 1. The zero-order valence-corrected chi connectivity index (χ0v) is 13.1. The van der Waals surface area contributed by atoms with Gasteiger partial charge in [-0.05, 0) is 31.7 Å². The lowest BCUT2D eigenvalue weighted by molar-refractivity contribution is -0.146. The molecule has 0 saturated heterocycles. The molecule has 1 N–H and O–H groups in total. The Hall–Kier alpha value is -1.33. The minimum absolute atomic E-state index is 0.0489. The number of hydrogen-bond acceptors (Lipinski definition) is 4. The quantitative estimate of drug-likeness (QED) is 0.683. The molecule has 21 heavy (non-hydrogen) atoms. The molecule has 1 fully saturated rings. The van der Waals surface area contributed by atoms with Crippen molar-refractivity contribution in [2.24, 2.45) is 5.92 Å². The van der Waals surface area contributed by atoms with Crippen LogP contribution < -0.4 is 5.32 Å². The average molecular weight is 331 g/mol. The molecule has 5 nitrogen and oxygen atoms in total. The Labute approximate surface area is 133 Å². The predicted molar refractivity (Wildman–Crippen MR) is 79.5 cm³/mol. The van der Waals surface area contributed by atoms with Gasteiger partial charge in [0.15, 0.2) is 0 Å². The minimum atomic E-state index is -0.234. The Balaban J connectivity index is 1.89. The van der Waals surface area contributed by atoms with Crippen molar-refractivity contribution in [1.82, 2.24) is 10.3 Å². The van der Waals surface area contributed by atoms with Crippen LogP contribution in [0.25, 0.3) is 0 Å². The van der Waals surface area contributed by atoms with Crippen molar-refractivity contribution in [2.45, 2.75) is 31.7 Å². The van der Waals surface area contributed by atoms with Crippen molar-refractivity contribution in [3.8, 4) is 0 Å². The van der Waals surface area contributed by atoms with Gasteiger partial charge in [-0.15, -0.1) is 0 Å². The summed E-state index contributed by atoms with van der Waals surface area (Å²) in [5.74, 6) is -0.467. The summed E-state index contributed by atoms with van der Waals surface area (Å²) in [7, 11) is 1.40. The zero-order valence-electron chi connectivity index (χ0n) is 11.6. The van der Waals surface area contributed by atoms with E-state index in [0.717, 1.165) is 25.7 Å². The Morgan fingerprint density at radius 1 is 1.29 bits per heavy atom. The second kappa shape index (κ2) is 7.09. The van der Waals surface area contributed by atoms with E-state index in [4.69, 9.17) is 27.9 Å². The van der Waals surface area contributed by atoms with E-state index < -0.39 is 0 Å². The van der Waals surface area contributed by atoms with E-state index in [9.17, 15) is 9.59 Å². The SMILES string of the molecule is COC(=O)C1CCC(NC(=O)c2cnc(Cl)c(Cl)c2)CC1. The average Bonchev–Trinajstić information content (AvgIpc) is 2.50. The van der Waals surface area contributed by atoms with Gasteiger partial charge < -0.3 is 10.1 Å². The monoisotopic (exact) mass is 330 g/mol. The highest BCUT2D eigenvalue weighted by atomic mass is 35.5. The summed E-state index contributed by atoms with van der Waals surface area (Å²) in [4.78, 5) is 27.4. The molecular formula is C14H16Cl2N2O3. The topological polar surface area (TPSA) is 68.3 Å². The third-order valence-electron chi connectivity index (χ3n) is 3.66. The van der Waals surface area contributed by atoms with Crippen molar-refractivity contribution in [3.05, 3.63) is 28.0 Å². The molecule has 1 aliphatic carbocycles. The summed E-state index contributed by atoms with van der Waals surface area (Å²) in [6.45, 7) is 0. The van der Waals surface area contributed by atoms with Crippen LogP contribution in [0.4, 0.5) is 0 Å². The third kappa shape index (κ3) is 4.08. The van der Waals surface area contributed by atoms with Gasteiger partial charge in [0.1, 0.15) is 5.15 Å². The highest BCUT2D eigenvalue weighted by Crippen LogP contribution is 2.26. The normalized spacial score (nSPS) is 21.7. The summed E-state index contributed by atoms with van der Waals surface area (Å²) >= 11 is 11.6. The number of rotatable bonds is 3. The fourth-order valence-electron chi connectivity index (χ4n) is 2.45. The Morgan fingerprint density at radius 3 is 2.52 bits per heavy atom. The van der Waals surface area contributed by atoms with Gasteiger partial charge in [-0.3, -0.25) is 9.59 Å². The van der Waals surface area contributed by atoms with Crippen LogP contribution in [0.3, 0.4) is 0 Å². The largest absolute Gasteiger partial charge is 0.469 e. The number of halogens is 2. The van der Waals surface area contributed by atoms with Crippen molar-refractivity contribution < 1.29 is 14.3 Å². The van der Waals surface area contributed by atoms with E-state index in [-0.39, 0.29) is 34.0 Å². The number of methoxy groups -OCH3 is 1. The van der Waals surface area contributed by atoms with Crippen LogP contribution in [-0.2, 0) is 9.53 Å². The minimum Gasteiger partial charge on any atom is -0.469 e. The summed E-state index contributed by atoms with van der Waals surface area (Å²) < 4.78 is 4.74. The lowest BCUT2D eigenvalue weighted by Crippen LogP contribution is -2.38. The van der Waals surface area contributed by atoms with E-state index in [1.807, 2.05) is 0 Å². The standard InChI is InChI=1S/C14H16Cl2N2O3/c1-21-14(20)8-2-4-10(5-3-8)18-13(19)9-6-11(15)12(16)17-7-9/h6-8,10H,2-5H2,1H3,(H,18,19). The van der Waals surface area contributed by atoms with Crippen LogP contribution in [0.5, 0.6) is 0 Å². The third-order valence-corrected chi connectivity index (χ3v) is 4.34. The molecule has 0 atom stereocenters. The molecule has 1 aromatic heterocycles. The molecular weight excluding hydrogens is 315 g/mol. The molecule has 0 aromatic carbocycles. The Kier molecular flexibility index (Phi) is 5.42.